The van der Waals surface area contributed by atoms with Gasteiger partial charge in [-0.2, -0.15) is 0 Å². The second-order valence-corrected chi connectivity index (χ2v) is 4.79. The molecule has 1 saturated heterocycles. The molecule has 0 aliphatic carbocycles. The quantitative estimate of drug-likeness (QED) is 0.894. The van der Waals surface area contributed by atoms with Crippen molar-refractivity contribution in [3.63, 3.8) is 0 Å². The number of carboxylic acid groups (broad SMARTS) is 1. The summed E-state index contributed by atoms with van der Waals surface area (Å²) in [5.41, 5.74) is 0.633. The van der Waals surface area contributed by atoms with Crippen molar-refractivity contribution in [1.82, 2.24) is 4.90 Å². The molecule has 0 saturated carbocycles. The highest BCUT2D eigenvalue weighted by Gasteiger charge is 2.23. The van der Waals surface area contributed by atoms with Gasteiger partial charge in [-0.15, -0.1) is 0 Å². The molecule has 0 radical (unpaired) electrons. The van der Waals surface area contributed by atoms with Crippen LogP contribution in [0.4, 0.5) is 4.39 Å². The number of nitrogens with zero attached hydrogens (tertiary/aromatic N) is 1. The van der Waals surface area contributed by atoms with Crippen LogP contribution in [0.1, 0.15) is 42.1 Å². The molecule has 18 heavy (non-hydrogen) atoms. The van der Waals surface area contributed by atoms with E-state index < -0.39 is 5.97 Å². The van der Waals surface area contributed by atoms with Gasteiger partial charge in [0, 0.05) is 18.2 Å². The Morgan fingerprint density at radius 1 is 1.56 bits per heavy atom. The third-order valence-corrected chi connectivity index (χ3v) is 3.64. The summed E-state index contributed by atoms with van der Waals surface area (Å²) in [7, 11) is 0. The maximum Gasteiger partial charge on any atom is 0.335 e. The van der Waals surface area contributed by atoms with Crippen LogP contribution in [-0.2, 0) is 6.54 Å². The van der Waals surface area contributed by atoms with Crippen LogP contribution in [0.25, 0.3) is 0 Å². The molecule has 4 heteroatoms. The van der Waals surface area contributed by atoms with Crippen LogP contribution < -0.4 is 0 Å². The van der Waals surface area contributed by atoms with Crippen molar-refractivity contribution in [3.05, 3.63) is 35.1 Å². The highest BCUT2D eigenvalue weighted by molar-refractivity contribution is 5.87. The first-order chi connectivity index (χ1) is 8.61. The van der Waals surface area contributed by atoms with Gasteiger partial charge in [-0.1, -0.05) is 6.92 Å². The summed E-state index contributed by atoms with van der Waals surface area (Å²) in [5.74, 6) is -1.33. The van der Waals surface area contributed by atoms with Crippen LogP contribution in [0, 0.1) is 5.82 Å². The van der Waals surface area contributed by atoms with Crippen LogP contribution in [0.5, 0.6) is 0 Å². The van der Waals surface area contributed by atoms with E-state index in [1.54, 1.807) is 0 Å². The third-order valence-electron chi connectivity index (χ3n) is 3.64. The minimum Gasteiger partial charge on any atom is -0.478 e. The number of benzene rings is 1. The lowest BCUT2D eigenvalue weighted by Crippen LogP contribution is -2.28. The first-order valence-electron chi connectivity index (χ1n) is 6.37. The van der Waals surface area contributed by atoms with E-state index in [4.69, 9.17) is 5.11 Å². The summed E-state index contributed by atoms with van der Waals surface area (Å²) in [6.45, 7) is 3.60. The van der Waals surface area contributed by atoms with Crippen LogP contribution in [0.2, 0.25) is 0 Å². The van der Waals surface area contributed by atoms with Gasteiger partial charge in [-0.25, -0.2) is 9.18 Å². The fourth-order valence-electron chi connectivity index (χ4n) is 2.61. The Morgan fingerprint density at radius 3 is 3.00 bits per heavy atom. The van der Waals surface area contributed by atoms with E-state index in [0.29, 0.717) is 18.2 Å². The zero-order valence-electron chi connectivity index (χ0n) is 10.5. The molecule has 1 unspecified atom stereocenters. The number of hydrogen-bond donors (Lipinski definition) is 1. The van der Waals surface area contributed by atoms with Gasteiger partial charge in [0.1, 0.15) is 5.82 Å². The van der Waals surface area contributed by atoms with Crippen LogP contribution in [0.15, 0.2) is 18.2 Å². The first-order valence-corrected chi connectivity index (χ1v) is 6.37. The predicted molar refractivity (Wildman–Crippen MR) is 67.1 cm³/mol. The van der Waals surface area contributed by atoms with Gasteiger partial charge >= 0.3 is 5.97 Å². The summed E-state index contributed by atoms with van der Waals surface area (Å²) in [6, 6.07) is 4.50. The lowest BCUT2D eigenvalue weighted by Gasteiger charge is -2.23. The number of carboxylic acids is 1. The summed E-state index contributed by atoms with van der Waals surface area (Å²) in [6.07, 6.45) is 3.34. The van der Waals surface area contributed by atoms with E-state index >= 15 is 0 Å². The second kappa shape index (κ2) is 5.48. The zero-order chi connectivity index (χ0) is 13.1. The van der Waals surface area contributed by atoms with Gasteiger partial charge in [0.15, 0.2) is 0 Å². The molecule has 0 bridgehead atoms. The van der Waals surface area contributed by atoms with Gasteiger partial charge in [-0.3, -0.25) is 4.90 Å². The lowest BCUT2D eigenvalue weighted by molar-refractivity contribution is 0.0696. The van der Waals surface area contributed by atoms with E-state index in [2.05, 4.69) is 11.8 Å². The Labute approximate surface area is 106 Å². The average molecular weight is 251 g/mol. The molecule has 0 spiro atoms. The van der Waals surface area contributed by atoms with Crippen LogP contribution >= 0.6 is 0 Å². The van der Waals surface area contributed by atoms with Gasteiger partial charge < -0.3 is 5.11 Å². The molecule has 3 nitrogen and oxygen atoms in total. The van der Waals surface area contributed by atoms with E-state index in [1.165, 1.54) is 18.2 Å². The van der Waals surface area contributed by atoms with Crippen molar-refractivity contribution >= 4 is 5.97 Å². The molecule has 1 atom stereocenters. The number of halogens is 1. The standard InChI is InChI=1S/C14H18FNO2/c1-2-12-4-3-7-16(12)9-11-8-10(14(17)18)5-6-13(11)15/h5-6,8,12H,2-4,7,9H2,1H3,(H,17,18). The van der Waals surface area contributed by atoms with Crippen molar-refractivity contribution < 1.29 is 14.3 Å². The zero-order valence-corrected chi connectivity index (χ0v) is 10.5. The number of likely N-dealkylation sites (tertiary alicyclic amines) is 1. The predicted octanol–water partition coefficient (Wildman–Crippen LogP) is 2.90. The number of carbonyl (C=O) groups is 1. The van der Waals surface area contributed by atoms with Crippen molar-refractivity contribution in [2.75, 3.05) is 6.54 Å². The van der Waals surface area contributed by atoms with Crippen molar-refractivity contribution in [2.24, 2.45) is 0 Å². The fourth-order valence-corrected chi connectivity index (χ4v) is 2.61. The number of aromatic carboxylic acids is 1. The van der Waals surface area contributed by atoms with Gasteiger partial charge in [0.25, 0.3) is 0 Å². The normalized spacial score (nSPS) is 20.2. The fraction of sp³-hybridized carbons (Fsp3) is 0.500. The molecule has 0 aromatic heterocycles. The Kier molecular flexibility index (Phi) is 3.97. The molecule has 1 heterocycles. The Morgan fingerprint density at radius 2 is 2.33 bits per heavy atom. The van der Waals surface area contributed by atoms with E-state index in [1.807, 2.05) is 0 Å². The summed E-state index contributed by atoms with van der Waals surface area (Å²) in [5, 5.41) is 8.92. The molecule has 1 fully saturated rings. The van der Waals surface area contributed by atoms with Crippen LogP contribution in [0.3, 0.4) is 0 Å². The molecule has 98 valence electrons. The van der Waals surface area contributed by atoms with Gasteiger partial charge in [0.2, 0.25) is 0 Å². The van der Waals surface area contributed by atoms with Crippen molar-refractivity contribution in [1.29, 1.82) is 0 Å². The monoisotopic (exact) mass is 251 g/mol. The average Bonchev–Trinajstić information content (AvgIpc) is 2.79. The van der Waals surface area contributed by atoms with Crippen molar-refractivity contribution in [2.45, 2.75) is 38.8 Å². The molecule has 0 amide bonds. The summed E-state index contributed by atoms with van der Waals surface area (Å²) < 4.78 is 13.7. The molecular formula is C14H18FNO2. The highest BCUT2D eigenvalue weighted by Crippen LogP contribution is 2.23. The van der Waals surface area contributed by atoms with Gasteiger partial charge in [0.05, 0.1) is 5.56 Å². The van der Waals surface area contributed by atoms with E-state index in [-0.39, 0.29) is 11.4 Å². The minimum absolute atomic E-state index is 0.152. The van der Waals surface area contributed by atoms with Crippen molar-refractivity contribution in [3.8, 4) is 0 Å². The van der Waals surface area contributed by atoms with Gasteiger partial charge in [-0.05, 0) is 44.0 Å². The molecule has 1 aliphatic heterocycles. The second-order valence-electron chi connectivity index (χ2n) is 4.79. The SMILES string of the molecule is CCC1CCCN1Cc1cc(C(=O)O)ccc1F. The highest BCUT2D eigenvalue weighted by atomic mass is 19.1. The Balaban J connectivity index is 2.17. The Hall–Kier alpha value is -1.42. The molecule has 1 N–H and O–H groups in total. The molecule has 1 aromatic rings. The number of hydrogen-bond acceptors (Lipinski definition) is 2. The Bertz CT molecular complexity index is 447. The largest absolute Gasteiger partial charge is 0.478 e. The first kappa shape index (κ1) is 13.0. The third kappa shape index (κ3) is 2.70. The lowest BCUT2D eigenvalue weighted by atomic mass is 10.1. The maximum absolute atomic E-state index is 13.7. The number of rotatable bonds is 4. The molecule has 1 aliphatic rings. The summed E-state index contributed by atoms with van der Waals surface area (Å²) >= 11 is 0. The molecular weight excluding hydrogens is 233 g/mol. The van der Waals surface area contributed by atoms with E-state index in [9.17, 15) is 9.18 Å². The van der Waals surface area contributed by atoms with Crippen LogP contribution in [-0.4, -0.2) is 28.6 Å². The summed E-state index contributed by atoms with van der Waals surface area (Å²) in [4.78, 5) is 13.1. The molecule has 1 aromatic carbocycles. The topological polar surface area (TPSA) is 40.5 Å². The molecule has 2 rings (SSSR count). The minimum atomic E-state index is -1.01. The van der Waals surface area contributed by atoms with E-state index in [0.717, 1.165) is 25.8 Å². The maximum atomic E-state index is 13.7. The smallest absolute Gasteiger partial charge is 0.335 e.